The molecular formula is C47H37F6NO3. The van der Waals surface area contributed by atoms with Crippen molar-refractivity contribution >= 4 is 43.5 Å². The van der Waals surface area contributed by atoms with Gasteiger partial charge < -0.3 is 4.42 Å². The fraction of sp³-hybridized carbons (Fsp3) is 0.234. The number of rotatable bonds is 6. The average Bonchev–Trinajstić information content (AvgIpc) is 3.16. The van der Waals surface area contributed by atoms with Crippen LogP contribution in [0.3, 0.4) is 0 Å². The Labute approximate surface area is 323 Å². The highest BCUT2D eigenvalue weighted by molar-refractivity contribution is 6.31. The number of benzene rings is 6. The minimum absolute atomic E-state index is 0.0474. The number of pyridine rings is 1. The molecule has 0 saturated heterocycles. The summed E-state index contributed by atoms with van der Waals surface area (Å²) in [6.45, 7) is 11.9. The van der Waals surface area contributed by atoms with Gasteiger partial charge in [0, 0.05) is 32.3 Å². The van der Waals surface area contributed by atoms with Crippen LogP contribution in [0, 0.1) is 0 Å². The van der Waals surface area contributed by atoms with E-state index in [0.717, 1.165) is 35.4 Å². The van der Waals surface area contributed by atoms with Crippen molar-refractivity contribution in [3.63, 3.8) is 0 Å². The van der Waals surface area contributed by atoms with Crippen molar-refractivity contribution in [2.45, 2.75) is 71.6 Å². The van der Waals surface area contributed by atoms with E-state index in [2.05, 4.69) is 0 Å². The second-order valence-electron chi connectivity index (χ2n) is 15.6. The Kier molecular flexibility index (Phi) is 8.90. The summed E-state index contributed by atoms with van der Waals surface area (Å²) in [4.78, 5) is 30.1. The Morgan fingerprint density at radius 2 is 1.00 bits per heavy atom. The molecule has 6 aromatic carbocycles. The van der Waals surface area contributed by atoms with E-state index in [4.69, 9.17) is 4.42 Å². The quantitative estimate of drug-likeness (QED) is 0.0960. The minimum Gasteiger partial charge on any atom is -0.456 e. The third kappa shape index (κ3) is 6.17. The first kappa shape index (κ1) is 38.0. The molecule has 4 nitrogen and oxygen atoms in total. The highest BCUT2D eigenvalue weighted by atomic mass is 19.4. The molecule has 0 saturated carbocycles. The van der Waals surface area contributed by atoms with Crippen LogP contribution in [0.1, 0.15) is 87.1 Å². The standard InChI is InChI=1S/C47H37F6NO3/c1-23(2)31-8-7-9-32(24(3)4)42(31)54-44(55)36-21-33(25(5)6)43-41-39(34(22-37(40(36)41)45(54)56)27-12-17-30(18-13-27)47(51,52)53)35-20-28(14-19-38(35)57-43)26-10-15-29(16-11-26)46(48,49)50/h7-25H,1-6H3. The molecule has 0 aliphatic heterocycles. The fourth-order valence-corrected chi connectivity index (χ4v) is 8.11. The lowest BCUT2D eigenvalue weighted by atomic mass is 9.86. The third-order valence-corrected chi connectivity index (χ3v) is 11.0. The maximum absolute atomic E-state index is 15.1. The van der Waals surface area contributed by atoms with E-state index >= 15 is 9.59 Å². The SMILES string of the molecule is CC(C)c1cccc(C(C)C)c1-n1c(=O)c2cc(C(C)C)c3oc4ccc(-c5ccc(C(F)(F)F)cc5)cc4c4c(-c5ccc(C(F)(F)F)cc5)cc(c1=O)c2c34. The molecule has 0 fully saturated rings. The molecule has 0 amide bonds. The van der Waals surface area contributed by atoms with Gasteiger partial charge in [-0.15, -0.1) is 0 Å². The smallest absolute Gasteiger partial charge is 0.416 e. The normalized spacial score (nSPS) is 12.8. The van der Waals surface area contributed by atoms with Crippen molar-refractivity contribution in [1.82, 2.24) is 4.57 Å². The van der Waals surface area contributed by atoms with Crippen LogP contribution in [0.5, 0.6) is 0 Å². The molecule has 0 bridgehead atoms. The highest BCUT2D eigenvalue weighted by Crippen LogP contribution is 2.47. The summed E-state index contributed by atoms with van der Waals surface area (Å²) < 4.78 is 89.8. The summed E-state index contributed by atoms with van der Waals surface area (Å²) in [7, 11) is 0. The van der Waals surface area contributed by atoms with E-state index in [0.29, 0.717) is 66.2 Å². The van der Waals surface area contributed by atoms with Gasteiger partial charge in [0.1, 0.15) is 11.2 Å². The van der Waals surface area contributed by atoms with Gasteiger partial charge >= 0.3 is 12.4 Å². The van der Waals surface area contributed by atoms with Gasteiger partial charge in [-0.3, -0.25) is 9.59 Å². The summed E-state index contributed by atoms with van der Waals surface area (Å²) in [5.41, 5.74) is 2.79. The van der Waals surface area contributed by atoms with Crippen LogP contribution in [0.25, 0.3) is 71.4 Å². The highest BCUT2D eigenvalue weighted by Gasteiger charge is 2.32. The summed E-state index contributed by atoms with van der Waals surface area (Å²) in [5, 5.41) is 2.33. The Balaban J connectivity index is 1.58. The maximum Gasteiger partial charge on any atom is 0.416 e. The number of aromatic nitrogens is 1. The summed E-state index contributed by atoms with van der Waals surface area (Å²) in [5.74, 6) is -0.268. The number of hydrogen-bond acceptors (Lipinski definition) is 3. The predicted molar refractivity (Wildman–Crippen MR) is 215 cm³/mol. The zero-order valence-electron chi connectivity index (χ0n) is 31.9. The minimum atomic E-state index is -4.60. The molecule has 290 valence electrons. The lowest BCUT2D eigenvalue weighted by Crippen LogP contribution is -2.34. The molecular weight excluding hydrogens is 741 g/mol. The molecule has 0 aliphatic rings. The van der Waals surface area contributed by atoms with Crippen LogP contribution in [-0.4, -0.2) is 4.57 Å². The van der Waals surface area contributed by atoms with E-state index in [1.807, 2.05) is 59.7 Å². The van der Waals surface area contributed by atoms with Gasteiger partial charge in [-0.2, -0.15) is 26.3 Å². The molecule has 2 aromatic heterocycles. The van der Waals surface area contributed by atoms with Crippen molar-refractivity contribution in [1.29, 1.82) is 0 Å². The molecule has 2 heterocycles. The largest absolute Gasteiger partial charge is 0.456 e. The first-order valence-corrected chi connectivity index (χ1v) is 18.7. The van der Waals surface area contributed by atoms with Crippen LogP contribution in [0.4, 0.5) is 26.3 Å². The van der Waals surface area contributed by atoms with Gasteiger partial charge in [-0.1, -0.05) is 90.1 Å². The molecule has 8 aromatic rings. The van der Waals surface area contributed by atoms with Crippen molar-refractivity contribution in [2.24, 2.45) is 0 Å². The molecule has 8 rings (SSSR count). The molecule has 0 N–H and O–H groups in total. The molecule has 0 spiro atoms. The number of fused-ring (bicyclic) bond motifs is 2. The van der Waals surface area contributed by atoms with Crippen LogP contribution in [-0.2, 0) is 12.4 Å². The van der Waals surface area contributed by atoms with Crippen molar-refractivity contribution in [3.8, 4) is 27.9 Å². The van der Waals surface area contributed by atoms with E-state index in [-0.39, 0.29) is 28.5 Å². The summed E-state index contributed by atoms with van der Waals surface area (Å²) >= 11 is 0. The Bertz CT molecular complexity index is 2960. The molecule has 0 aliphatic carbocycles. The number of halogens is 6. The van der Waals surface area contributed by atoms with E-state index in [1.54, 1.807) is 30.3 Å². The maximum atomic E-state index is 15.1. The second-order valence-corrected chi connectivity index (χ2v) is 15.6. The van der Waals surface area contributed by atoms with E-state index in [1.165, 1.54) is 28.8 Å². The van der Waals surface area contributed by atoms with Gasteiger partial charge in [0.15, 0.2) is 0 Å². The van der Waals surface area contributed by atoms with E-state index < -0.39 is 34.6 Å². The molecule has 10 heteroatoms. The number of alkyl halides is 6. The molecule has 0 unspecified atom stereocenters. The topological polar surface area (TPSA) is 52.2 Å². The Morgan fingerprint density at radius 3 is 1.51 bits per heavy atom. The van der Waals surface area contributed by atoms with E-state index in [9.17, 15) is 26.3 Å². The van der Waals surface area contributed by atoms with Crippen molar-refractivity contribution in [3.05, 3.63) is 146 Å². The first-order valence-electron chi connectivity index (χ1n) is 18.7. The Hall–Kier alpha value is -5.90. The van der Waals surface area contributed by atoms with Crippen LogP contribution in [0.15, 0.2) is 111 Å². The van der Waals surface area contributed by atoms with Crippen LogP contribution < -0.4 is 11.1 Å². The first-order chi connectivity index (χ1) is 26.9. The van der Waals surface area contributed by atoms with Gasteiger partial charge in [0.2, 0.25) is 0 Å². The Morgan fingerprint density at radius 1 is 0.509 bits per heavy atom. The zero-order valence-corrected chi connectivity index (χ0v) is 31.9. The molecule has 57 heavy (non-hydrogen) atoms. The molecule has 0 atom stereocenters. The lowest BCUT2D eigenvalue weighted by Gasteiger charge is -2.23. The fourth-order valence-electron chi connectivity index (χ4n) is 8.11. The van der Waals surface area contributed by atoms with Crippen molar-refractivity contribution < 1.29 is 30.8 Å². The van der Waals surface area contributed by atoms with Crippen LogP contribution >= 0.6 is 0 Å². The number of para-hydroxylation sites is 1. The van der Waals surface area contributed by atoms with Gasteiger partial charge in [-0.25, -0.2) is 4.57 Å². The predicted octanol–water partition coefficient (Wildman–Crippen LogP) is 13.6. The van der Waals surface area contributed by atoms with Crippen molar-refractivity contribution in [2.75, 3.05) is 0 Å². The number of hydrogen-bond donors (Lipinski definition) is 0. The van der Waals surface area contributed by atoms with Crippen LogP contribution in [0.2, 0.25) is 0 Å². The lowest BCUT2D eigenvalue weighted by molar-refractivity contribution is -0.138. The monoisotopic (exact) mass is 777 g/mol. The number of nitrogens with zero attached hydrogens (tertiary/aromatic N) is 1. The van der Waals surface area contributed by atoms with Gasteiger partial charge in [-0.05, 0) is 105 Å². The third-order valence-electron chi connectivity index (χ3n) is 11.0. The average molecular weight is 778 g/mol. The summed E-state index contributed by atoms with van der Waals surface area (Å²) in [6.07, 6.45) is -9.12. The zero-order chi connectivity index (χ0) is 40.9. The van der Waals surface area contributed by atoms with Gasteiger partial charge in [0.05, 0.1) is 16.8 Å². The second kappa shape index (κ2) is 13.4. The van der Waals surface area contributed by atoms with Gasteiger partial charge in [0.25, 0.3) is 11.1 Å². The summed E-state index contributed by atoms with van der Waals surface area (Å²) in [6, 6.07) is 23.8. The molecule has 0 radical (unpaired) electrons.